The van der Waals surface area contributed by atoms with Crippen molar-refractivity contribution in [2.45, 2.75) is 19.3 Å². The van der Waals surface area contributed by atoms with Gasteiger partial charge in [0.05, 0.1) is 18.4 Å². The first-order chi connectivity index (χ1) is 13.1. The fraction of sp³-hybridized carbons (Fsp3) is 0.316. The highest BCUT2D eigenvalue weighted by molar-refractivity contribution is 7.16. The van der Waals surface area contributed by atoms with Gasteiger partial charge < -0.3 is 19.8 Å². The maximum Gasteiger partial charge on any atom is 0.406 e. The first-order valence-corrected chi connectivity index (χ1v) is 9.34. The largest absolute Gasteiger partial charge is 0.465 e. The van der Waals surface area contributed by atoms with Gasteiger partial charge in [0.25, 0.3) is 0 Å². The van der Waals surface area contributed by atoms with Crippen molar-refractivity contribution < 1.29 is 18.7 Å². The Kier molecular flexibility index (Phi) is 5.94. The lowest BCUT2D eigenvalue weighted by molar-refractivity contribution is -0.111. The highest BCUT2D eigenvalue weighted by Gasteiger charge is 2.27. The minimum absolute atomic E-state index is 0.211. The molecule has 0 saturated carbocycles. The number of fused-ring (bicyclic) bond motifs is 1. The molecule has 1 aliphatic rings. The normalized spacial score (nSPS) is 15.8. The van der Waals surface area contributed by atoms with Crippen molar-refractivity contribution in [2.75, 3.05) is 19.0 Å². The molecule has 1 atom stereocenters. The van der Waals surface area contributed by atoms with Crippen LogP contribution in [0.5, 0.6) is 0 Å². The zero-order valence-electron chi connectivity index (χ0n) is 14.8. The van der Waals surface area contributed by atoms with E-state index >= 15 is 0 Å². The molecule has 8 heteroatoms. The van der Waals surface area contributed by atoms with Crippen LogP contribution in [0.4, 0.5) is 9.80 Å². The molecular weight excluding hydrogens is 366 g/mol. The predicted octanol–water partition coefficient (Wildman–Crippen LogP) is 3.33. The third kappa shape index (κ3) is 4.57. The van der Waals surface area contributed by atoms with Crippen LogP contribution in [0.15, 0.2) is 28.9 Å². The summed E-state index contributed by atoms with van der Waals surface area (Å²) in [4.78, 5) is 24.5. The zero-order valence-corrected chi connectivity index (χ0v) is 15.6. The van der Waals surface area contributed by atoms with E-state index < -0.39 is 6.09 Å². The average Bonchev–Trinajstić information content (AvgIpc) is 3.31. The van der Waals surface area contributed by atoms with Gasteiger partial charge in [-0.1, -0.05) is 0 Å². The Morgan fingerprint density at radius 3 is 3.07 bits per heavy atom. The summed E-state index contributed by atoms with van der Waals surface area (Å²) in [5.74, 6) is 0.471. The lowest BCUT2D eigenvalue weighted by Crippen LogP contribution is -2.25. The molecule has 27 heavy (non-hydrogen) atoms. The molecular formula is C19H19N3O4S. The molecule has 0 fully saturated rings. The van der Waals surface area contributed by atoms with Gasteiger partial charge in [-0.25, -0.2) is 4.79 Å². The number of nitrogens with one attached hydrogen (secondary N) is 2. The minimum atomic E-state index is -0.444. The Hall–Kier alpha value is -3.05. The van der Waals surface area contributed by atoms with Crippen LogP contribution in [-0.4, -0.2) is 25.7 Å². The maximum atomic E-state index is 12.2. The van der Waals surface area contributed by atoms with Gasteiger partial charge >= 0.3 is 6.09 Å². The third-order valence-electron chi connectivity index (χ3n) is 4.31. The van der Waals surface area contributed by atoms with Gasteiger partial charge in [-0.3, -0.25) is 4.79 Å². The number of furan rings is 1. The number of carbonyl (C=O) groups is 2. The van der Waals surface area contributed by atoms with Crippen molar-refractivity contribution in [3.63, 3.8) is 0 Å². The summed E-state index contributed by atoms with van der Waals surface area (Å²) in [6.45, 7) is 0.340. The number of ether oxygens (including phenoxy) is 1. The van der Waals surface area contributed by atoms with Crippen molar-refractivity contribution in [3.05, 3.63) is 46.2 Å². The summed E-state index contributed by atoms with van der Waals surface area (Å²) in [6.07, 6.45) is 6.32. The van der Waals surface area contributed by atoms with Crippen molar-refractivity contribution in [1.29, 1.82) is 5.26 Å². The van der Waals surface area contributed by atoms with E-state index in [1.807, 2.05) is 0 Å². The van der Waals surface area contributed by atoms with E-state index in [0.29, 0.717) is 22.9 Å². The lowest BCUT2D eigenvalue weighted by Gasteiger charge is -2.21. The van der Waals surface area contributed by atoms with Crippen molar-refractivity contribution in [1.82, 2.24) is 5.32 Å². The molecule has 140 valence electrons. The summed E-state index contributed by atoms with van der Waals surface area (Å²) < 4.78 is 10.3. The van der Waals surface area contributed by atoms with Gasteiger partial charge in [-0.05, 0) is 49.0 Å². The van der Waals surface area contributed by atoms with E-state index in [0.717, 1.165) is 29.7 Å². The second kappa shape index (κ2) is 8.56. The monoisotopic (exact) mass is 385 g/mol. The Morgan fingerprint density at radius 2 is 2.37 bits per heavy atom. The maximum absolute atomic E-state index is 12.2. The van der Waals surface area contributed by atoms with Crippen molar-refractivity contribution in [2.24, 2.45) is 5.92 Å². The Bertz CT molecular complexity index is 893. The van der Waals surface area contributed by atoms with Crippen LogP contribution >= 0.6 is 11.3 Å². The molecule has 0 aliphatic heterocycles. The van der Waals surface area contributed by atoms with Crippen LogP contribution in [0.25, 0.3) is 6.08 Å². The number of nitrogens with zero attached hydrogens (tertiary/aromatic N) is 1. The molecule has 2 heterocycles. The number of nitriles is 1. The highest BCUT2D eigenvalue weighted by atomic mass is 32.1. The molecule has 1 unspecified atom stereocenters. The molecule has 0 radical (unpaired) electrons. The number of rotatable bonds is 5. The molecule has 2 aromatic heterocycles. The number of hydrogen-bond acceptors (Lipinski definition) is 6. The van der Waals surface area contributed by atoms with E-state index in [9.17, 15) is 14.9 Å². The van der Waals surface area contributed by atoms with Crippen LogP contribution in [0, 0.1) is 17.2 Å². The van der Waals surface area contributed by atoms with Gasteiger partial charge in [0.2, 0.25) is 5.91 Å². The van der Waals surface area contributed by atoms with Gasteiger partial charge in [-0.2, -0.15) is 5.26 Å². The van der Waals surface area contributed by atoms with Crippen molar-refractivity contribution in [3.8, 4) is 6.07 Å². The summed E-state index contributed by atoms with van der Waals surface area (Å²) >= 11 is 1.41. The molecule has 2 N–H and O–H groups in total. The molecule has 0 aromatic carbocycles. The van der Waals surface area contributed by atoms with E-state index in [4.69, 9.17) is 9.15 Å². The van der Waals surface area contributed by atoms with Crippen LogP contribution < -0.4 is 10.6 Å². The van der Waals surface area contributed by atoms with E-state index in [1.165, 1.54) is 30.7 Å². The van der Waals surface area contributed by atoms with E-state index in [2.05, 4.69) is 16.7 Å². The predicted molar refractivity (Wildman–Crippen MR) is 101 cm³/mol. The van der Waals surface area contributed by atoms with Crippen LogP contribution in [0.3, 0.4) is 0 Å². The minimum Gasteiger partial charge on any atom is -0.465 e. The number of hydrogen-bond donors (Lipinski definition) is 2. The fourth-order valence-electron chi connectivity index (χ4n) is 2.97. The van der Waals surface area contributed by atoms with Crippen LogP contribution in [-0.2, 0) is 22.4 Å². The molecule has 0 spiro atoms. The van der Waals surface area contributed by atoms with Crippen molar-refractivity contribution >= 4 is 34.4 Å². The second-order valence-electron chi connectivity index (χ2n) is 6.12. The van der Waals surface area contributed by atoms with Crippen LogP contribution in [0.2, 0.25) is 0 Å². The molecule has 3 rings (SSSR count). The fourth-order valence-corrected chi connectivity index (χ4v) is 4.28. The van der Waals surface area contributed by atoms with E-state index in [1.54, 1.807) is 18.2 Å². The molecule has 2 amide bonds. The number of carbonyl (C=O) groups excluding carboxylic acids is 2. The molecule has 2 aromatic rings. The number of amides is 2. The quantitative estimate of drug-likeness (QED) is 0.768. The molecule has 0 saturated heterocycles. The smallest absolute Gasteiger partial charge is 0.406 e. The van der Waals surface area contributed by atoms with Gasteiger partial charge in [0, 0.05) is 18.0 Å². The van der Waals surface area contributed by atoms with Crippen LogP contribution in [0.1, 0.15) is 28.2 Å². The lowest BCUT2D eigenvalue weighted by atomic mass is 9.88. The average molecular weight is 385 g/mol. The standard InChI is InChI=1S/C19H19N3O4S/c1-21-19(24)26-11-12-4-6-14-15(10-20)18(27-16(14)9-12)22-17(23)7-5-13-3-2-8-25-13/h2-3,5,7-8,12H,4,6,9,11H2,1H3,(H,21,24)(H,22,23)/b7-5+. The Morgan fingerprint density at radius 1 is 1.52 bits per heavy atom. The summed E-state index contributed by atoms with van der Waals surface area (Å²) in [6, 6.07) is 5.70. The summed E-state index contributed by atoms with van der Waals surface area (Å²) in [5.41, 5.74) is 1.52. The summed E-state index contributed by atoms with van der Waals surface area (Å²) in [5, 5.41) is 15.3. The number of thiophene rings is 1. The van der Waals surface area contributed by atoms with Gasteiger partial charge in [-0.15, -0.1) is 11.3 Å². The highest BCUT2D eigenvalue weighted by Crippen LogP contribution is 2.39. The molecule has 1 aliphatic carbocycles. The topological polar surface area (TPSA) is 104 Å². The third-order valence-corrected chi connectivity index (χ3v) is 5.48. The van der Waals surface area contributed by atoms with E-state index in [-0.39, 0.29) is 11.8 Å². The first-order valence-electron chi connectivity index (χ1n) is 8.52. The van der Waals surface area contributed by atoms with Gasteiger partial charge in [0.1, 0.15) is 16.8 Å². The Balaban J connectivity index is 1.68. The Labute approximate surface area is 160 Å². The first kappa shape index (κ1) is 18.7. The van der Waals surface area contributed by atoms with Gasteiger partial charge in [0.15, 0.2) is 0 Å². The zero-order chi connectivity index (χ0) is 19.2. The molecule has 0 bridgehead atoms. The number of anilines is 1. The molecule has 7 nitrogen and oxygen atoms in total. The second-order valence-corrected chi connectivity index (χ2v) is 7.22. The summed E-state index contributed by atoms with van der Waals surface area (Å²) in [7, 11) is 1.52. The SMILES string of the molecule is CNC(=O)OCC1CCc2c(sc(NC(=O)/C=C/c3ccco3)c2C#N)C1. The number of alkyl carbamates (subject to hydrolysis) is 1.